The van der Waals surface area contributed by atoms with Crippen LogP contribution in [-0.4, -0.2) is 28.8 Å². The highest BCUT2D eigenvalue weighted by Crippen LogP contribution is 2.41. The summed E-state index contributed by atoms with van der Waals surface area (Å²) >= 11 is 0. The molecule has 1 heterocycles. The van der Waals surface area contributed by atoms with E-state index in [2.05, 4.69) is 5.32 Å². The Labute approximate surface area is 221 Å². The van der Waals surface area contributed by atoms with Crippen molar-refractivity contribution in [2.45, 2.75) is 34.1 Å². The second kappa shape index (κ2) is 10.9. The Kier molecular flexibility index (Phi) is 7.62. The number of anilines is 1. The maximum atomic E-state index is 13.7. The van der Waals surface area contributed by atoms with Crippen molar-refractivity contribution in [2.24, 2.45) is 5.41 Å². The monoisotopic (exact) mass is 515 g/mol. The van der Waals surface area contributed by atoms with Gasteiger partial charge in [0.25, 0.3) is 0 Å². The minimum atomic E-state index is -0.526. The molecule has 7 nitrogen and oxygen atoms in total. The van der Waals surface area contributed by atoms with E-state index in [4.69, 9.17) is 14.6 Å². The summed E-state index contributed by atoms with van der Waals surface area (Å²) in [6, 6.07) is 20.3. The lowest BCUT2D eigenvalue weighted by Crippen LogP contribution is -2.19. The zero-order chi connectivity index (χ0) is 27.4. The van der Waals surface area contributed by atoms with Gasteiger partial charge < -0.3 is 14.8 Å². The number of halogens is 1. The molecule has 0 saturated carbocycles. The molecule has 8 heteroatoms. The number of esters is 1. The number of carbonyl (C=O) groups excluding carboxylic acids is 2. The summed E-state index contributed by atoms with van der Waals surface area (Å²) in [6.45, 7) is 7.33. The molecule has 0 aliphatic carbocycles. The standard InChI is InChI=1S/C30H30FN3O4/c1-19(35)38-29-27(20-6-12-23(13-7-20)32-26(36)18-30(2,3)4)28(21-8-16-25(37-5)17-9-21)33-34(29)24-14-10-22(31)11-15-24/h6-17H,18H2,1-5H3,(H,32,36). The van der Waals surface area contributed by atoms with Crippen molar-refractivity contribution in [3.05, 3.63) is 78.6 Å². The molecule has 0 aliphatic heterocycles. The molecule has 38 heavy (non-hydrogen) atoms. The van der Waals surface area contributed by atoms with Crippen LogP contribution in [0.1, 0.15) is 34.1 Å². The summed E-state index contributed by atoms with van der Waals surface area (Å²) in [7, 11) is 1.59. The summed E-state index contributed by atoms with van der Waals surface area (Å²) in [6.07, 6.45) is 0.386. The first-order valence-corrected chi connectivity index (χ1v) is 12.2. The molecule has 0 unspecified atom stereocenters. The topological polar surface area (TPSA) is 82.4 Å². The normalized spacial score (nSPS) is 11.2. The fourth-order valence-electron chi connectivity index (χ4n) is 4.01. The zero-order valence-electron chi connectivity index (χ0n) is 22.0. The number of ether oxygens (including phenoxy) is 2. The molecule has 0 aliphatic rings. The molecular weight excluding hydrogens is 485 g/mol. The molecular formula is C30H30FN3O4. The van der Waals surface area contributed by atoms with E-state index in [1.807, 2.05) is 57.2 Å². The number of benzene rings is 3. The minimum absolute atomic E-state index is 0.0751. The average molecular weight is 516 g/mol. The van der Waals surface area contributed by atoms with Crippen LogP contribution in [0.15, 0.2) is 72.8 Å². The van der Waals surface area contributed by atoms with E-state index in [0.717, 1.165) is 5.56 Å². The quantitative estimate of drug-likeness (QED) is 0.279. The Morgan fingerprint density at radius 3 is 2.08 bits per heavy atom. The van der Waals surface area contributed by atoms with Crippen LogP contribution in [0.5, 0.6) is 11.6 Å². The number of nitrogens with one attached hydrogen (secondary N) is 1. The van der Waals surface area contributed by atoms with Crippen LogP contribution in [0.3, 0.4) is 0 Å². The first kappa shape index (κ1) is 26.6. The van der Waals surface area contributed by atoms with Crippen molar-refractivity contribution in [3.8, 4) is 39.7 Å². The lowest BCUT2D eigenvalue weighted by Gasteiger charge is -2.17. The smallest absolute Gasteiger partial charge is 0.309 e. The highest BCUT2D eigenvalue weighted by Gasteiger charge is 2.25. The zero-order valence-corrected chi connectivity index (χ0v) is 22.0. The SMILES string of the molecule is COc1ccc(-c2nn(-c3ccc(F)cc3)c(OC(C)=O)c2-c2ccc(NC(=O)CC(C)(C)C)cc2)cc1. The van der Waals surface area contributed by atoms with Gasteiger partial charge in [0, 0.05) is 24.6 Å². The average Bonchev–Trinajstić information content (AvgIpc) is 3.22. The third kappa shape index (κ3) is 6.26. The van der Waals surface area contributed by atoms with Crippen LogP contribution in [0, 0.1) is 11.2 Å². The van der Waals surface area contributed by atoms with E-state index in [0.29, 0.717) is 40.4 Å². The number of nitrogens with zero attached hydrogens (tertiary/aromatic N) is 2. The van der Waals surface area contributed by atoms with Crippen LogP contribution in [-0.2, 0) is 9.59 Å². The molecule has 0 radical (unpaired) electrons. The second-order valence-corrected chi connectivity index (χ2v) is 10.1. The fraction of sp³-hybridized carbons (Fsp3) is 0.233. The van der Waals surface area contributed by atoms with E-state index in [1.165, 1.54) is 23.7 Å². The predicted octanol–water partition coefficient (Wildman–Crippen LogP) is 6.65. The summed E-state index contributed by atoms with van der Waals surface area (Å²) in [5.41, 5.74) is 3.64. The molecule has 1 aromatic heterocycles. The third-order valence-corrected chi connectivity index (χ3v) is 5.67. The lowest BCUT2D eigenvalue weighted by atomic mass is 9.92. The second-order valence-electron chi connectivity index (χ2n) is 10.1. The molecule has 0 saturated heterocycles. The number of rotatable bonds is 7. The molecule has 4 aromatic rings. The van der Waals surface area contributed by atoms with Gasteiger partial charge in [-0.3, -0.25) is 9.59 Å². The molecule has 0 atom stereocenters. The third-order valence-electron chi connectivity index (χ3n) is 5.67. The van der Waals surface area contributed by atoms with Crippen molar-refractivity contribution in [2.75, 3.05) is 12.4 Å². The number of hydrogen-bond acceptors (Lipinski definition) is 5. The maximum absolute atomic E-state index is 13.7. The number of methoxy groups -OCH3 is 1. The number of hydrogen-bond donors (Lipinski definition) is 1. The Bertz CT molecular complexity index is 1440. The van der Waals surface area contributed by atoms with Crippen molar-refractivity contribution < 1.29 is 23.5 Å². The van der Waals surface area contributed by atoms with Gasteiger partial charge in [-0.15, -0.1) is 0 Å². The van der Waals surface area contributed by atoms with Crippen molar-refractivity contribution in [3.63, 3.8) is 0 Å². The summed E-state index contributed by atoms with van der Waals surface area (Å²) in [5.74, 6) is -0.117. The van der Waals surface area contributed by atoms with Crippen LogP contribution in [0.2, 0.25) is 0 Å². The van der Waals surface area contributed by atoms with E-state index < -0.39 is 11.8 Å². The van der Waals surface area contributed by atoms with Gasteiger partial charge in [-0.1, -0.05) is 32.9 Å². The van der Waals surface area contributed by atoms with E-state index in [1.54, 1.807) is 31.4 Å². The Balaban J connectivity index is 1.84. The Morgan fingerprint density at radius 2 is 1.53 bits per heavy atom. The molecule has 1 amide bonds. The van der Waals surface area contributed by atoms with Crippen LogP contribution >= 0.6 is 0 Å². The minimum Gasteiger partial charge on any atom is -0.497 e. The highest BCUT2D eigenvalue weighted by molar-refractivity contribution is 5.92. The van der Waals surface area contributed by atoms with Gasteiger partial charge in [0.05, 0.1) is 18.4 Å². The van der Waals surface area contributed by atoms with Crippen molar-refractivity contribution >= 4 is 17.6 Å². The molecule has 1 N–H and O–H groups in total. The number of aromatic nitrogens is 2. The molecule has 3 aromatic carbocycles. The van der Waals surface area contributed by atoms with Gasteiger partial charge in [-0.05, 0) is 71.6 Å². The Morgan fingerprint density at radius 1 is 0.921 bits per heavy atom. The summed E-state index contributed by atoms with van der Waals surface area (Å²) in [4.78, 5) is 24.6. The number of amides is 1. The van der Waals surface area contributed by atoms with Crippen LogP contribution < -0.4 is 14.8 Å². The Hall–Kier alpha value is -4.46. The predicted molar refractivity (Wildman–Crippen MR) is 145 cm³/mol. The van der Waals surface area contributed by atoms with E-state index in [9.17, 15) is 14.0 Å². The molecule has 0 fully saturated rings. The molecule has 196 valence electrons. The van der Waals surface area contributed by atoms with Crippen molar-refractivity contribution in [1.29, 1.82) is 0 Å². The first-order valence-electron chi connectivity index (χ1n) is 12.2. The molecule has 4 rings (SSSR count). The van der Waals surface area contributed by atoms with Gasteiger partial charge in [0.2, 0.25) is 11.8 Å². The van der Waals surface area contributed by atoms with Gasteiger partial charge in [-0.25, -0.2) is 4.39 Å². The lowest BCUT2D eigenvalue weighted by molar-refractivity contribution is -0.132. The van der Waals surface area contributed by atoms with Crippen LogP contribution in [0.4, 0.5) is 10.1 Å². The molecule has 0 bridgehead atoms. The van der Waals surface area contributed by atoms with Gasteiger partial charge in [-0.2, -0.15) is 9.78 Å². The first-order chi connectivity index (χ1) is 18.0. The highest BCUT2D eigenvalue weighted by atomic mass is 19.1. The van der Waals surface area contributed by atoms with Crippen molar-refractivity contribution in [1.82, 2.24) is 9.78 Å². The largest absolute Gasteiger partial charge is 0.497 e. The summed E-state index contributed by atoms with van der Waals surface area (Å²) in [5, 5.41) is 7.71. The van der Waals surface area contributed by atoms with Crippen LogP contribution in [0.25, 0.3) is 28.1 Å². The number of carbonyl (C=O) groups is 2. The fourth-order valence-corrected chi connectivity index (χ4v) is 4.01. The van der Waals surface area contributed by atoms with E-state index in [-0.39, 0.29) is 17.2 Å². The molecule has 0 spiro atoms. The van der Waals surface area contributed by atoms with Gasteiger partial charge in [0.15, 0.2) is 0 Å². The summed E-state index contributed by atoms with van der Waals surface area (Å²) < 4.78 is 26.1. The van der Waals surface area contributed by atoms with Gasteiger partial charge in [0.1, 0.15) is 17.3 Å². The van der Waals surface area contributed by atoms with Gasteiger partial charge >= 0.3 is 5.97 Å². The maximum Gasteiger partial charge on any atom is 0.309 e. The van der Waals surface area contributed by atoms with E-state index >= 15 is 0 Å².